The lowest BCUT2D eigenvalue weighted by molar-refractivity contribution is -0.308. The zero-order valence-electron chi connectivity index (χ0n) is 27.6. The predicted octanol–water partition coefficient (Wildman–Crippen LogP) is 6.91. The lowest BCUT2D eigenvalue weighted by Gasteiger charge is -2.41. The number of hydrogen-bond donors (Lipinski definition) is 0. The first kappa shape index (κ1) is 40.5. The quantitative estimate of drug-likeness (QED) is 0.133. The van der Waals surface area contributed by atoms with Crippen molar-refractivity contribution >= 4 is 17.7 Å². The third-order valence-electron chi connectivity index (χ3n) is 7.31. The molecule has 2 aromatic rings. The van der Waals surface area contributed by atoms with Gasteiger partial charge in [0.25, 0.3) is 6.10 Å². The van der Waals surface area contributed by atoms with Crippen molar-refractivity contribution in [2.75, 3.05) is 57.9 Å². The van der Waals surface area contributed by atoms with Crippen LogP contribution in [0.2, 0.25) is 0 Å². The normalized spacial score (nSPS) is 15.5. The van der Waals surface area contributed by atoms with Gasteiger partial charge in [-0.1, -0.05) is 30.3 Å². The number of esters is 1. The molecule has 50 heavy (non-hydrogen) atoms. The molecule has 0 spiro atoms. The molecular formula is C32H38F9N3O6. The molecule has 280 valence electrons. The summed E-state index contributed by atoms with van der Waals surface area (Å²) >= 11 is 0. The zero-order valence-corrected chi connectivity index (χ0v) is 27.6. The highest BCUT2D eigenvalue weighted by molar-refractivity contribution is 5.71. The summed E-state index contributed by atoms with van der Waals surface area (Å²) in [6.07, 6.45) is -23.1. The number of hydrogen-bond acceptors (Lipinski definition) is 8. The van der Waals surface area contributed by atoms with Gasteiger partial charge in [-0.15, -0.1) is 0 Å². The molecule has 1 aliphatic rings. The third-order valence-corrected chi connectivity index (χ3v) is 7.31. The van der Waals surface area contributed by atoms with Crippen LogP contribution >= 0.6 is 0 Å². The van der Waals surface area contributed by atoms with Crippen molar-refractivity contribution in [2.24, 2.45) is 0 Å². The number of alkyl halides is 9. The molecule has 3 rings (SSSR count). The Kier molecular flexibility index (Phi) is 13.3. The van der Waals surface area contributed by atoms with Gasteiger partial charge in [0.1, 0.15) is 24.0 Å². The van der Waals surface area contributed by atoms with Gasteiger partial charge in [0.05, 0.1) is 13.7 Å². The van der Waals surface area contributed by atoms with Gasteiger partial charge in [-0.25, -0.2) is 9.59 Å². The first-order valence-electron chi connectivity index (χ1n) is 15.3. The highest BCUT2D eigenvalue weighted by atomic mass is 19.4. The van der Waals surface area contributed by atoms with E-state index in [0.29, 0.717) is 16.2 Å². The zero-order chi connectivity index (χ0) is 37.5. The van der Waals surface area contributed by atoms with Crippen LogP contribution in [0.5, 0.6) is 5.75 Å². The van der Waals surface area contributed by atoms with E-state index < -0.39 is 81.1 Å². The fraction of sp³-hybridized carbons (Fsp3) is 0.562. The molecule has 9 nitrogen and oxygen atoms in total. The van der Waals surface area contributed by atoms with E-state index >= 15 is 0 Å². The maximum Gasteiger partial charge on any atom is 0.434 e. The maximum absolute atomic E-state index is 14.9. The smallest absolute Gasteiger partial charge is 0.434 e. The van der Waals surface area contributed by atoms with Crippen LogP contribution in [0.15, 0.2) is 48.5 Å². The third kappa shape index (κ3) is 11.8. The number of ether oxygens (including phenoxy) is 4. The van der Waals surface area contributed by atoms with Crippen LogP contribution in [0.1, 0.15) is 37.9 Å². The van der Waals surface area contributed by atoms with E-state index in [1.807, 2.05) is 0 Å². The lowest BCUT2D eigenvalue weighted by Crippen LogP contribution is -2.54. The van der Waals surface area contributed by atoms with Crippen LogP contribution in [0.3, 0.4) is 0 Å². The Morgan fingerprint density at radius 1 is 0.820 bits per heavy atom. The van der Waals surface area contributed by atoms with Crippen molar-refractivity contribution in [3.8, 4) is 5.75 Å². The number of nitrogens with zero attached hydrogens (tertiary/aromatic N) is 3. The van der Waals surface area contributed by atoms with Crippen LogP contribution in [-0.2, 0) is 25.5 Å². The van der Waals surface area contributed by atoms with Crippen molar-refractivity contribution < 1.29 is 68.1 Å². The van der Waals surface area contributed by atoms with Crippen molar-refractivity contribution in [1.29, 1.82) is 0 Å². The Hall–Kier alpha value is -3.93. The lowest BCUT2D eigenvalue weighted by atomic mass is 10.00. The van der Waals surface area contributed by atoms with Gasteiger partial charge in [0, 0.05) is 50.5 Å². The van der Waals surface area contributed by atoms with Gasteiger partial charge in [0.2, 0.25) is 0 Å². The molecule has 0 aromatic heterocycles. The van der Waals surface area contributed by atoms with Gasteiger partial charge in [-0.3, -0.25) is 4.90 Å². The minimum Gasteiger partial charge on any atom is -0.497 e. The molecule has 1 aliphatic heterocycles. The van der Waals surface area contributed by atoms with Crippen molar-refractivity contribution in [3.63, 3.8) is 0 Å². The molecule has 0 aliphatic carbocycles. The molecule has 0 bridgehead atoms. The SMILES string of the molecule is COc1ccc(CN(CCOCC(=O)OC(C)(C)C)c2ccccc2C(N2CCN(C(=O)OC(C(F)(F)F)C(F)(F)F)CC2)C(F)(F)F)cc1. The van der Waals surface area contributed by atoms with Gasteiger partial charge in [-0.05, 0) is 44.5 Å². The molecule has 0 radical (unpaired) electrons. The van der Waals surface area contributed by atoms with Crippen LogP contribution in [0.4, 0.5) is 50.0 Å². The fourth-order valence-corrected chi connectivity index (χ4v) is 5.18. The van der Waals surface area contributed by atoms with E-state index in [0.717, 1.165) is 4.90 Å². The van der Waals surface area contributed by atoms with Gasteiger partial charge < -0.3 is 28.7 Å². The Balaban J connectivity index is 1.85. The molecule has 1 fully saturated rings. The topological polar surface area (TPSA) is 80.8 Å². The second-order valence-corrected chi connectivity index (χ2v) is 12.3. The first-order chi connectivity index (χ1) is 23.1. The van der Waals surface area contributed by atoms with Crippen molar-refractivity contribution in [3.05, 3.63) is 59.7 Å². The number of piperazine rings is 1. The standard InChI is InChI=1S/C32H38F9N3O6/c1-29(2,3)50-25(45)20-48-18-17-44(19-21-9-11-22(47-4)12-10-21)24-8-6-5-7-23(24)26(30(33,34)35)42-13-15-43(16-14-42)28(46)49-27(31(36,37)38)32(39,40)41/h5-12,26-27H,13-20H2,1-4H3. The monoisotopic (exact) mass is 731 g/mol. The van der Waals surface area contributed by atoms with Crippen LogP contribution in [0, 0.1) is 0 Å². The molecule has 0 N–H and O–H groups in total. The number of carbonyl (C=O) groups is 2. The highest BCUT2D eigenvalue weighted by Gasteiger charge is 2.60. The Morgan fingerprint density at radius 3 is 1.92 bits per heavy atom. The molecular weight excluding hydrogens is 693 g/mol. The number of anilines is 1. The Labute approximate surface area is 282 Å². The van der Waals surface area contributed by atoms with Gasteiger partial charge in [0.15, 0.2) is 0 Å². The Bertz CT molecular complexity index is 1390. The van der Waals surface area contributed by atoms with Crippen LogP contribution < -0.4 is 9.64 Å². The maximum atomic E-state index is 14.9. The number of methoxy groups -OCH3 is 1. The molecule has 1 saturated heterocycles. The number of halogens is 9. The van der Waals surface area contributed by atoms with E-state index in [-0.39, 0.29) is 30.9 Å². The van der Waals surface area contributed by atoms with Gasteiger partial charge in [-0.2, -0.15) is 39.5 Å². The minimum absolute atomic E-state index is 0.0234. The van der Waals surface area contributed by atoms with E-state index in [1.165, 1.54) is 31.4 Å². The average molecular weight is 732 g/mol. The summed E-state index contributed by atoms with van der Waals surface area (Å²) in [4.78, 5) is 27.4. The van der Waals surface area contributed by atoms with Crippen molar-refractivity contribution in [1.82, 2.24) is 9.80 Å². The van der Waals surface area contributed by atoms with E-state index in [2.05, 4.69) is 4.74 Å². The van der Waals surface area contributed by atoms with E-state index in [4.69, 9.17) is 14.2 Å². The summed E-state index contributed by atoms with van der Waals surface area (Å²) in [6.45, 7) is 2.30. The minimum atomic E-state index is -5.95. The summed E-state index contributed by atoms with van der Waals surface area (Å²) in [5, 5.41) is 0. The number of benzene rings is 2. The van der Waals surface area contributed by atoms with E-state index in [9.17, 15) is 49.1 Å². The molecule has 0 saturated carbocycles. The average Bonchev–Trinajstić information content (AvgIpc) is 2.99. The van der Waals surface area contributed by atoms with Gasteiger partial charge >= 0.3 is 30.6 Å². The molecule has 1 atom stereocenters. The summed E-state index contributed by atoms with van der Waals surface area (Å²) in [5.41, 5.74) is -0.121. The fourth-order valence-electron chi connectivity index (χ4n) is 5.18. The summed E-state index contributed by atoms with van der Waals surface area (Å²) in [7, 11) is 1.47. The largest absolute Gasteiger partial charge is 0.497 e. The summed E-state index contributed by atoms with van der Waals surface area (Å²) in [6, 6.07) is 10.2. The van der Waals surface area contributed by atoms with E-state index in [1.54, 1.807) is 49.9 Å². The number of amides is 1. The number of carbonyl (C=O) groups excluding carboxylic acids is 2. The molecule has 1 unspecified atom stereocenters. The molecule has 18 heteroatoms. The summed E-state index contributed by atoms with van der Waals surface area (Å²) < 4.78 is 142. The van der Waals surface area contributed by atoms with Crippen molar-refractivity contribution in [2.45, 2.75) is 63.6 Å². The number of rotatable bonds is 12. The first-order valence-corrected chi connectivity index (χ1v) is 15.3. The molecule has 1 amide bonds. The Morgan fingerprint density at radius 2 is 1.40 bits per heavy atom. The predicted molar refractivity (Wildman–Crippen MR) is 161 cm³/mol. The molecule has 1 heterocycles. The van der Waals surface area contributed by atoms with Crippen LogP contribution in [-0.4, -0.2) is 105 Å². The summed E-state index contributed by atoms with van der Waals surface area (Å²) in [5.74, 6) is -0.0824. The second kappa shape index (κ2) is 16.4. The second-order valence-electron chi connectivity index (χ2n) is 12.3. The highest BCUT2D eigenvalue weighted by Crippen LogP contribution is 2.43. The van der Waals surface area contributed by atoms with Crippen LogP contribution in [0.25, 0.3) is 0 Å². The molecule has 2 aromatic carbocycles. The number of para-hydroxylation sites is 1.